The third-order valence-electron chi connectivity index (χ3n) is 4.23. The molecule has 0 spiro atoms. The normalized spacial score (nSPS) is 20.0. The summed E-state index contributed by atoms with van der Waals surface area (Å²) in [7, 11) is 1.23. The molecule has 24 heavy (non-hydrogen) atoms. The Kier molecular flexibility index (Phi) is 7.96. The SMILES string of the molecule is COC(C(=O)O)C(O)C(CC1CCCCC1)NC(=O)OC(C)(C)C. The molecule has 0 radical (unpaired) electrons. The number of hydrogen-bond acceptors (Lipinski definition) is 5. The number of rotatable bonds is 7. The molecule has 0 aromatic carbocycles. The van der Waals surface area contributed by atoms with Gasteiger partial charge in [0.2, 0.25) is 0 Å². The van der Waals surface area contributed by atoms with E-state index in [0.29, 0.717) is 12.3 Å². The number of aliphatic carboxylic acids is 1. The molecule has 1 amide bonds. The topological polar surface area (TPSA) is 105 Å². The molecule has 1 fully saturated rings. The number of carbonyl (C=O) groups excluding carboxylic acids is 1. The number of alkyl carbamates (subject to hydrolysis) is 1. The molecule has 0 saturated heterocycles. The van der Waals surface area contributed by atoms with Crippen LogP contribution in [0.5, 0.6) is 0 Å². The van der Waals surface area contributed by atoms with Gasteiger partial charge in [-0.1, -0.05) is 32.1 Å². The van der Waals surface area contributed by atoms with Gasteiger partial charge in [-0.15, -0.1) is 0 Å². The van der Waals surface area contributed by atoms with E-state index in [1.54, 1.807) is 20.8 Å². The van der Waals surface area contributed by atoms with E-state index in [-0.39, 0.29) is 0 Å². The highest BCUT2D eigenvalue weighted by molar-refractivity contribution is 5.73. The second-order valence-electron chi connectivity index (χ2n) is 7.48. The average Bonchev–Trinajstić information content (AvgIpc) is 2.45. The van der Waals surface area contributed by atoms with E-state index in [1.165, 1.54) is 13.5 Å². The van der Waals surface area contributed by atoms with Gasteiger partial charge in [0.1, 0.15) is 11.7 Å². The summed E-state index contributed by atoms with van der Waals surface area (Å²) in [5, 5.41) is 22.3. The van der Waals surface area contributed by atoms with Crippen LogP contribution in [-0.2, 0) is 14.3 Å². The molecule has 140 valence electrons. The minimum Gasteiger partial charge on any atom is -0.479 e. The molecule has 3 N–H and O–H groups in total. The van der Waals surface area contributed by atoms with Gasteiger partial charge in [-0.05, 0) is 33.1 Å². The lowest BCUT2D eigenvalue weighted by atomic mass is 9.83. The lowest BCUT2D eigenvalue weighted by Gasteiger charge is -2.32. The van der Waals surface area contributed by atoms with Crippen LogP contribution in [0.1, 0.15) is 59.3 Å². The number of hydrogen-bond donors (Lipinski definition) is 3. The van der Waals surface area contributed by atoms with E-state index < -0.39 is 35.9 Å². The molecule has 3 unspecified atom stereocenters. The van der Waals surface area contributed by atoms with Crippen LogP contribution in [0, 0.1) is 5.92 Å². The minimum absolute atomic E-state index is 0.347. The molecule has 1 rings (SSSR count). The summed E-state index contributed by atoms with van der Waals surface area (Å²) in [5.74, 6) is -0.913. The standard InChI is InChI=1S/C17H31NO6/c1-17(2,3)24-16(22)18-12(10-11-8-6-5-7-9-11)13(19)14(23-4)15(20)21/h11-14,19H,5-10H2,1-4H3,(H,18,22)(H,20,21). The van der Waals surface area contributed by atoms with Gasteiger partial charge in [0, 0.05) is 7.11 Å². The number of nitrogens with one attached hydrogen (secondary N) is 1. The van der Waals surface area contributed by atoms with E-state index in [9.17, 15) is 19.8 Å². The van der Waals surface area contributed by atoms with Gasteiger partial charge in [-0.2, -0.15) is 0 Å². The van der Waals surface area contributed by atoms with Crippen LogP contribution in [0.2, 0.25) is 0 Å². The van der Waals surface area contributed by atoms with Gasteiger partial charge in [-0.25, -0.2) is 9.59 Å². The van der Waals surface area contributed by atoms with E-state index in [4.69, 9.17) is 9.47 Å². The first-order valence-electron chi connectivity index (χ1n) is 8.57. The van der Waals surface area contributed by atoms with Gasteiger partial charge in [-0.3, -0.25) is 0 Å². The average molecular weight is 345 g/mol. The fourth-order valence-electron chi connectivity index (χ4n) is 3.12. The Bertz CT molecular complexity index is 414. The van der Waals surface area contributed by atoms with E-state index in [2.05, 4.69) is 5.32 Å². The predicted molar refractivity (Wildman–Crippen MR) is 88.8 cm³/mol. The molecule has 1 saturated carbocycles. The van der Waals surface area contributed by atoms with Crippen molar-refractivity contribution in [1.82, 2.24) is 5.32 Å². The van der Waals surface area contributed by atoms with Crippen molar-refractivity contribution in [1.29, 1.82) is 0 Å². The molecule has 3 atom stereocenters. The Labute approximate surface area is 143 Å². The van der Waals surface area contributed by atoms with E-state index >= 15 is 0 Å². The first kappa shape index (κ1) is 20.7. The van der Waals surface area contributed by atoms with Gasteiger partial charge < -0.3 is 25.0 Å². The molecular weight excluding hydrogens is 314 g/mol. The summed E-state index contributed by atoms with van der Waals surface area (Å²) in [4.78, 5) is 23.3. The molecule has 0 aromatic heterocycles. The van der Waals surface area contributed by atoms with Crippen LogP contribution in [0.3, 0.4) is 0 Å². The molecule has 0 heterocycles. The number of amides is 1. The minimum atomic E-state index is -1.39. The Hall–Kier alpha value is -1.34. The Morgan fingerprint density at radius 1 is 1.21 bits per heavy atom. The van der Waals surface area contributed by atoms with E-state index in [0.717, 1.165) is 25.7 Å². The van der Waals surface area contributed by atoms with Gasteiger partial charge in [0.15, 0.2) is 6.10 Å². The third-order valence-corrected chi connectivity index (χ3v) is 4.23. The Morgan fingerprint density at radius 2 is 1.79 bits per heavy atom. The summed E-state index contributed by atoms with van der Waals surface area (Å²) in [6.07, 6.45) is 2.57. The Morgan fingerprint density at radius 3 is 2.25 bits per heavy atom. The third kappa shape index (κ3) is 7.05. The predicted octanol–water partition coefficient (Wildman–Crippen LogP) is 2.31. The first-order chi connectivity index (χ1) is 11.1. The highest BCUT2D eigenvalue weighted by Gasteiger charge is 2.36. The lowest BCUT2D eigenvalue weighted by molar-refractivity contribution is -0.157. The maximum atomic E-state index is 12.1. The number of carboxylic acid groups (broad SMARTS) is 1. The van der Waals surface area contributed by atoms with Crippen molar-refractivity contribution in [2.24, 2.45) is 5.92 Å². The van der Waals surface area contributed by atoms with Crippen LogP contribution < -0.4 is 5.32 Å². The summed E-state index contributed by atoms with van der Waals surface area (Å²) >= 11 is 0. The molecule has 7 heteroatoms. The van der Waals surface area contributed by atoms with Crippen LogP contribution in [0.4, 0.5) is 4.79 Å². The van der Waals surface area contributed by atoms with Crippen LogP contribution in [0.15, 0.2) is 0 Å². The van der Waals surface area contributed by atoms with Crippen molar-refractivity contribution >= 4 is 12.1 Å². The van der Waals surface area contributed by atoms with Crippen molar-refractivity contribution in [3.63, 3.8) is 0 Å². The van der Waals surface area contributed by atoms with Crippen LogP contribution in [0.25, 0.3) is 0 Å². The quantitative estimate of drug-likeness (QED) is 0.654. The zero-order valence-corrected chi connectivity index (χ0v) is 15.1. The van der Waals surface area contributed by atoms with Crippen molar-refractivity contribution in [2.45, 2.75) is 83.1 Å². The zero-order valence-electron chi connectivity index (χ0n) is 15.1. The van der Waals surface area contributed by atoms with Crippen LogP contribution >= 0.6 is 0 Å². The first-order valence-corrected chi connectivity index (χ1v) is 8.57. The molecular formula is C17H31NO6. The molecule has 7 nitrogen and oxygen atoms in total. The number of methoxy groups -OCH3 is 1. The summed E-state index contributed by atoms with van der Waals surface area (Å²) in [6.45, 7) is 5.23. The van der Waals surface area contributed by atoms with Crippen molar-refractivity contribution < 1.29 is 29.3 Å². The molecule has 0 aliphatic heterocycles. The molecule has 0 bridgehead atoms. The lowest BCUT2D eigenvalue weighted by Crippen LogP contribution is -2.53. The molecule has 0 aromatic rings. The van der Waals surface area contributed by atoms with Crippen molar-refractivity contribution in [3.8, 4) is 0 Å². The highest BCUT2D eigenvalue weighted by Crippen LogP contribution is 2.28. The van der Waals surface area contributed by atoms with Gasteiger partial charge in [0.25, 0.3) is 0 Å². The van der Waals surface area contributed by atoms with Crippen molar-refractivity contribution in [3.05, 3.63) is 0 Å². The fraction of sp³-hybridized carbons (Fsp3) is 0.882. The molecule has 1 aliphatic rings. The number of aliphatic hydroxyl groups excluding tert-OH is 1. The number of carboxylic acids is 1. The van der Waals surface area contributed by atoms with Crippen molar-refractivity contribution in [2.75, 3.05) is 7.11 Å². The Balaban J connectivity index is 2.80. The monoisotopic (exact) mass is 345 g/mol. The molecule has 1 aliphatic carbocycles. The maximum absolute atomic E-state index is 12.1. The zero-order chi connectivity index (χ0) is 18.3. The largest absolute Gasteiger partial charge is 0.479 e. The second kappa shape index (κ2) is 9.22. The van der Waals surface area contributed by atoms with Gasteiger partial charge >= 0.3 is 12.1 Å². The number of carbonyl (C=O) groups is 2. The number of aliphatic hydroxyl groups is 1. The van der Waals surface area contributed by atoms with E-state index in [1.807, 2.05) is 0 Å². The maximum Gasteiger partial charge on any atom is 0.407 e. The summed E-state index contributed by atoms with van der Waals surface area (Å²) < 4.78 is 10.1. The number of ether oxygens (including phenoxy) is 2. The second-order valence-corrected chi connectivity index (χ2v) is 7.48. The highest BCUT2D eigenvalue weighted by atomic mass is 16.6. The van der Waals surface area contributed by atoms with Crippen LogP contribution in [-0.4, -0.2) is 53.2 Å². The summed E-state index contributed by atoms with van der Waals surface area (Å²) in [5.41, 5.74) is -0.669. The smallest absolute Gasteiger partial charge is 0.407 e. The summed E-state index contributed by atoms with van der Waals surface area (Å²) in [6, 6.07) is -0.732. The van der Waals surface area contributed by atoms with Gasteiger partial charge in [0.05, 0.1) is 6.04 Å². The fourth-order valence-corrected chi connectivity index (χ4v) is 3.12.